The van der Waals surface area contributed by atoms with Crippen molar-refractivity contribution in [1.82, 2.24) is 0 Å². The molecule has 0 spiro atoms. The lowest BCUT2D eigenvalue weighted by atomic mass is 10.1. The number of benzene rings is 5. The second kappa shape index (κ2) is 11.4. The van der Waals surface area contributed by atoms with Gasteiger partial charge in [-0.3, -0.25) is 0 Å². The fourth-order valence-corrected chi connectivity index (χ4v) is 4.68. The maximum Gasteiger partial charge on any atom is 0.141 e. The van der Waals surface area contributed by atoms with Crippen molar-refractivity contribution in [3.05, 3.63) is 144 Å². The quantitative estimate of drug-likeness (QED) is 0.241. The van der Waals surface area contributed by atoms with Crippen LogP contribution in [0.1, 0.15) is 29.7 Å². The van der Waals surface area contributed by atoms with Crippen molar-refractivity contribution in [1.29, 1.82) is 0 Å². The summed E-state index contributed by atoms with van der Waals surface area (Å²) >= 11 is 0. The fourth-order valence-electron chi connectivity index (χ4n) is 4.68. The van der Waals surface area contributed by atoms with E-state index in [1.807, 2.05) is 0 Å². The zero-order valence-electron chi connectivity index (χ0n) is 21.5. The van der Waals surface area contributed by atoms with Gasteiger partial charge in [-0.05, 0) is 27.7 Å². The number of nitrogens with one attached hydrogen (secondary N) is 2. The molecule has 2 N–H and O–H groups in total. The summed E-state index contributed by atoms with van der Waals surface area (Å²) in [5, 5.41) is 0. The van der Waals surface area contributed by atoms with Gasteiger partial charge in [0.1, 0.15) is 34.1 Å². The minimum Gasteiger partial charge on any atom is -0.238 e. The van der Waals surface area contributed by atoms with E-state index < -0.39 is 0 Å². The van der Waals surface area contributed by atoms with Gasteiger partial charge in [-0.15, -0.1) is 0 Å². The Balaban J connectivity index is 0.00000320. The van der Waals surface area contributed by atoms with Crippen LogP contribution in [0.5, 0.6) is 0 Å². The predicted molar refractivity (Wildman–Crippen MR) is 158 cm³/mol. The van der Waals surface area contributed by atoms with Gasteiger partial charge in [-0.25, -0.2) is 9.80 Å². The largest absolute Gasteiger partial charge is 0.238 e. The first-order valence-corrected chi connectivity index (χ1v) is 12.6. The molecular formula is C35H38N2+2. The van der Waals surface area contributed by atoms with Gasteiger partial charge in [-0.1, -0.05) is 78.2 Å². The standard InChI is InChI=1S/C34H32N2.CH4/c1-25-5-13-29(14-6-25)35(30-15-7-26(2)8-16-30)33-21-23-34(24-22-33)36(31-17-9-27(3)10-18-31)32-19-11-28(4)12-20-32;/h5-24H,1-4H3;1H4/p+2. The highest BCUT2D eigenvalue weighted by Gasteiger charge is 2.22. The highest BCUT2D eigenvalue weighted by molar-refractivity contribution is 5.52. The summed E-state index contributed by atoms with van der Waals surface area (Å²) < 4.78 is 0. The highest BCUT2D eigenvalue weighted by Crippen LogP contribution is 2.21. The molecule has 0 aliphatic carbocycles. The first-order chi connectivity index (χ1) is 17.5. The average Bonchev–Trinajstić information content (AvgIpc) is 2.90. The number of hydrogen-bond acceptors (Lipinski definition) is 0. The van der Waals surface area contributed by atoms with Crippen LogP contribution in [0.4, 0.5) is 34.1 Å². The van der Waals surface area contributed by atoms with Gasteiger partial charge in [0.25, 0.3) is 0 Å². The fraction of sp³-hybridized carbons (Fsp3) is 0.143. The molecule has 2 heteroatoms. The monoisotopic (exact) mass is 486 g/mol. The van der Waals surface area contributed by atoms with E-state index in [0.29, 0.717) is 0 Å². The molecule has 5 aromatic carbocycles. The maximum atomic E-state index is 2.27. The summed E-state index contributed by atoms with van der Waals surface area (Å²) in [4.78, 5) is 2.52. The molecule has 0 aliphatic heterocycles. The molecule has 5 aromatic rings. The van der Waals surface area contributed by atoms with Gasteiger partial charge >= 0.3 is 0 Å². The van der Waals surface area contributed by atoms with E-state index in [4.69, 9.17) is 0 Å². The molecule has 0 amide bonds. The second-order valence-corrected chi connectivity index (χ2v) is 9.79. The van der Waals surface area contributed by atoms with Gasteiger partial charge in [0.05, 0.1) is 0 Å². The number of hydrogen-bond donors (Lipinski definition) is 2. The van der Waals surface area contributed by atoms with Crippen LogP contribution in [-0.4, -0.2) is 0 Å². The van der Waals surface area contributed by atoms with Gasteiger partial charge in [-0.2, -0.15) is 0 Å². The molecule has 0 bridgehead atoms. The molecule has 0 unspecified atom stereocenters. The van der Waals surface area contributed by atoms with E-state index >= 15 is 0 Å². The van der Waals surface area contributed by atoms with E-state index in [1.54, 1.807) is 0 Å². The molecule has 0 aromatic heterocycles. The molecule has 0 saturated heterocycles. The Hall–Kier alpha value is -3.98. The molecule has 5 rings (SSSR count). The van der Waals surface area contributed by atoms with Crippen molar-refractivity contribution in [2.24, 2.45) is 0 Å². The highest BCUT2D eigenvalue weighted by atomic mass is 15.2. The molecule has 186 valence electrons. The zero-order chi connectivity index (χ0) is 25.1. The third-order valence-corrected chi connectivity index (χ3v) is 6.82. The van der Waals surface area contributed by atoms with Crippen LogP contribution in [0.3, 0.4) is 0 Å². The summed E-state index contributed by atoms with van der Waals surface area (Å²) in [5.74, 6) is 0. The Morgan fingerprint density at radius 2 is 0.405 bits per heavy atom. The van der Waals surface area contributed by atoms with Crippen molar-refractivity contribution in [3.8, 4) is 0 Å². The van der Waals surface area contributed by atoms with Crippen molar-refractivity contribution in [3.63, 3.8) is 0 Å². The molecular weight excluding hydrogens is 448 g/mol. The zero-order valence-corrected chi connectivity index (χ0v) is 21.5. The lowest BCUT2D eigenvalue weighted by Crippen LogP contribution is -2.97. The van der Waals surface area contributed by atoms with Crippen molar-refractivity contribution >= 4 is 34.1 Å². The SMILES string of the molecule is C.Cc1ccc([NH+](c2ccc(C)cc2)c2ccc([NH+](c3ccc(C)cc3)c3ccc(C)cc3)cc2)cc1. The molecule has 0 saturated carbocycles. The smallest absolute Gasteiger partial charge is 0.141 e. The molecule has 37 heavy (non-hydrogen) atoms. The number of quaternary nitrogens is 2. The van der Waals surface area contributed by atoms with Crippen LogP contribution in [0.15, 0.2) is 121 Å². The third-order valence-electron chi connectivity index (χ3n) is 6.82. The molecule has 0 atom stereocenters. The van der Waals surface area contributed by atoms with E-state index in [9.17, 15) is 0 Å². The summed E-state index contributed by atoms with van der Waals surface area (Å²) in [6.07, 6.45) is 0. The second-order valence-electron chi connectivity index (χ2n) is 9.79. The van der Waals surface area contributed by atoms with Crippen LogP contribution in [0, 0.1) is 27.7 Å². The molecule has 0 radical (unpaired) electrons. The van der Waals surface area contributed by atoms with Crippen LogP contribution >= 0.6 is 0 Å². The minimum absolute atomic E-state index is 0. The van der Waals surface area contributed by atoms with Crippen LogP contribution in [0.2, 0.25) is 0 Å². The summed E-state index contributed by atoms with van der Waals surface area (Å²) in [5.41, 5.74) is 12.5. The van der Waals surface area contributed by atoms with Gasteiger partial charge < -0.3 is 0 Å². The topological polar surface area (TPSA) is 8.88 Å². The van der Waals surface area contributed by atoms with Gasteiger partial charge in [0, 0.05) is 72.8 Å². The average molecular weight is 487 g/mol. The lowest BCUT2D eigenvalue weighted by Gasteiger charge is -2.21. The molecule has 0 aliphatic rings. The Morgan fingerprint density at radius 3 is 0.568 bits per heavy atom. The predicted octanol–water partition coefficient (Wildman–Crippen LogP) is 7.92. The van der Waals surface area contributed by atoms with Gasteiger partial charge in [0.2, 0.25) is 0 Å². The Morgan fingerprint density at radius 1 is 0.270 bits per heavy atom. The Labute approximate surface area is 222 Å². The van der Waals surface area contributed by atoms with Gasteiger partial charge in [0.15, 0.2) is 0 Å². The van der Waals surface area contributed by atoms with Crippen molar-refractivity contribution < 1.29 is 9.80 Å². The summed E-state index contributed by atoms with van der Waals surface area (Å²) in [6, 6.07) is 44.5. The molecule has 0 fully saturated rings. The first kappa shape index (κ1) is 26.1. The van der Waals surface area contributed by atoms with E-state index in [1.165, 1.54) is 66.2 Å². The van der Waals surface area contributed by atoms with Crippen LogP contribution in [0.25, 0.3) is 0 Å². The van der Waals surface area contributed by atoms with E-state index in [2.05, 4.69) is 149 Å². The maximum absolute atomic E-state index is 2.27. The van der Waals surface area contributed by atoms with Crippen molar-refractivity contribution in [2.75, 3.05) is 0 Å². The minimum atomic E-state index is 0. The molecule has 2 nitrogen and oxygen atoms in total. The number of rotatable bonds is 6. The molecule has 0 heterocycles. The van der Waals surface area contributed by atoms with E-state index in [0.717, 1.165) is 0 Å². The third kappa shape index (κ3) is 5.89. The Bertz CT molecular complexity index is 1210. The summed E-state index contributed by atoms with van der Waals surface area (Å²) in [7, 11) is 0. The lowest BCUT2D eigenvalue weighted by molar-refractivity contribution is -0.684. The summed E-state index contributed by atoms with van der Waals surface area (Å²) in [6.45, 7) is 8.55. The van der Waals surface area contributed by atoms with E-state index in [-0.39, 0.29) is 7.43 Å². The number of aryl methyl sites for hydroxylation is 4. The van der Waals surface area contributed by atoms with Crippen LogP contribution in [-0.2, 0) is 0 Å². The normalized spacial score (nSPS) is 11.0. The van der Waals surface area contributed by atoms with Crippen molar-refractivity contribution in [2.45, 2.75) is 35.1 Å². The van der Waals surface area contributed by atoms with Crippen LogP contribution < -0.4 is 9.80 Å². The first-order valence-electron chi connectivity index (χ1n) is 12.6. The Kier molecular flexibility index (Phi) is 8.03.